The zero-order valence-electron chi connectivity index (χ0n) is 12.8. The Kier molecular flexibility index (Phi) is 3.23. The molecule has 3 aliphatic rings. The van der Waals surface area contributed by atoms with E-state index in [4.69, 9.17) is 0 Å². The van der Waals surface area contributed by atoms with Gasteiger partial charge in [-0.2, -0.15) is 0 Å². The van der Waals surface area contributed by atoms with Crippen LogP contribution in [0, 0.1) is 0 Å². The van der Waals surface area contributed by atoms with Gasteiger partial charge in [-0.1, -0.05) is 12.1 Å². The third kappa shape index (κ3) is 2.25. The first-order valence-electron chi connectivity index (χ1n) is 8.10. The summed E-state index contributed by atoms with van der Waals surface area (Å²) >= 11 is 0. The van der Waals surface area contributed by atoms with Gasteiger partial charge in [0, 0.05) is 18.5 Å². The molecule has 4 rings (SSSR count). The molecule has 23 heavy (non-hydrogen) atoms. The van der Waals surface area contributed by atoms with E-state index in [9.17, 15) is 14.4 Å². The van der Waals surface area contributed by atoms with Gasteiger partial charge in [0.15, 0.2) is 0 Å². The van der Waals surface area contributed by atoms with Crippen molar-refractivity contribution in [2.24, 2.45) is 0 Å². The molecule has 0 radical (unpaired) electrons. The molecular weight excluding hydrogens is 294 g/mol. The van der Waals surface area contributed by atoms with Crippen LogP contribution in [-0.4, -0.2) is 29.8 Å². The van der Waals surface area contributed by atoms with Crippen molar-refractivity contribution in [2.45, 2.75) is 44.2 Å². The molecule has 3 amide bonds. The van der Waals surface area contributed by atoms with Crippen LogP contribution in [0.15, 0.2) is 12.1 Å². The number of hydrogen-bond acceptors (Lipinski definition) is 4. The Morgan fingerprint density at radius 2 is 1.74 bits per heavy atom. The van der Waals surface area contributed by atoms with Gasteiger partial charge < -0.3 is 10.6 Å². The van der Waals surface area contributed by atoms with Gasteiger partial charge in [-0.25, -0.2) is 0 Å². The second-order valence-corrected chi connectivity index (χ2v) is 6.58. The Morgan fingerprint density at radius 1 is 0.957 bits per heavy atom. The fourth-order valence-corrected chi connectivity index (χ4v) is 3.92. The molecule has 1 aromatic carbocycles. The maximum Gasteiger partial charge on any atom is 0.252 e. The molecule has 3 N–H and O–H groups in total. The largest absolute Gasteiger partial charge is 0.338 e. The summed E-state index contributed by atoms with van der Waals surface area (Å²) in [5.41, 5.74) is 3.05. The van der Waals surface area contributed by atoms with Crippen molar-refractivity contribution in [1.29, 1.82) is 0 Å². The van der Waals surface area contributed by atoms with Gasteiger partial charge in [0.2, 0.25) is 5.91 Å². The third-order valence-corrected chi connectivity index (χ3v) is 5.23. The topological polar surface area (TPSA) is 87.3 Å². The van der Waals surface area contributed by atoms with Crippen molar-refractivity contribution >= 4 is 17.7 Å². The number of carbonyl (C=O) groups excluding carboxylic acids is 3. The number of carbonyl (C=O) groups is 3. The molecule has 6 heteroatoms. The van der Waals surface area contributed by atoms with E-state index in [-0.39, 0.29) is 24.1 Å². The van der Waals surface area contributed by atoms with E-state index in [1.54, 1.807) is 0 Å². The number of piperidine rings is 1. The van der Waals surface area contributed by atoms with E-state index in [1.807, 2.05) is 6.07 Å². The Labute approximate surface area is 134 Å². The van der Waals surface area contributed by atoms with E-state index in [0.29, 0.717) is 19.3 Å². The highest BCUT2D eigenvalue weighted by Crippen LogP contribution is 2.32. The molecule has 1 spiro atoms. The number of aryl methyl sites for hydroxylation is 1. The molecule has 0 aromatic heterocycles. The molecule has 1 atom stereocenters. The number of hydrogen-bond donors (Lipinski definition) is 3. The second kappa shape index (κ2) is 5.16. The summed E-state index contributed by atoms with van der Waals surface area (Å²) in [6.45, 7) is 1.63. The monoisotopic (exact) mass is 313 g/mol. The van der Waals surface area contributed by atoms with Crippen LogP contribution in [0.25, 0.3) is 0 Å². The number of fused-ring (bicyclic) bond motifs is 3. The molecule has 0 aliphatic carbocycles. The van der Waals surface area contributed by atoms with Crippen molar-refractivity contribution in [1.82, 2.24) is 16.0 Å². The van der Waals surface area contributed by atoms with E-state index in [1.165, 1.54) is 0 Å². The zero-order valence-corrected chi connectivity index (χ0v) is 12.8. The normalized spacial score (nSPS) is 26.9. The van der Waals surface area contributed by atoms with Gasteiger partial charge in [-0.15, -0.1) is 0 Å². The standard InChI is InChI=1S/C17H19N3O3/c21-13-4-7-17(16(23)19-13)6-3-10-1-2-11-9-18-8-5-12(11)14(10)15(22)20-17/h1-2,18H,3-9H2,(H,20,22)(H,19,21,23). The predicted octanol–water partition coefficient (Wildman–Crippen LogP) is 0.184. The molecule has 120 valence electrons. The summed E-state index contributed by atoms with van der Waals surface area (Å²) in [5.74, 6) is -0.814. The first-order valence-corrected chi connectivity index (χ1v) is 8.10. The fraction of sp³-hybridized carbons (Fsp3) is 0.471. The number of benzene rings is 1. The Bertz CT molecular complexity index is 728. The highest BCUT2D eigenvalue weighted by molar-refractivity contribution is 6.07. The summed E-state index contributed by atoms with van der Waals surface area (Å²) in [6, 6.07) is 4.09. The lowest BCUT2D eigenvalue weighted by Crippen LogP contribution is -2.62. The Balaban J connectivity index is 1.74. The van der Waals surface area contributed by atoms with Crippen molar-refractivity contribution in [3.8, 4) is 0 Å². The first-order chi connectivity index (χ1) is 11.1. The Hall–Kier alpha value is -2.21. The predicted molar refractivity (Wildman–Crippen MR) is 82.8 cm³/mol. The molecule has 6 nitrogen and oxygen atoms in total. The number of rotatable bonds is 0. The summed E-state index contributed by atoms with van der Waals surface area (Å²) in [4.78, 5) is 36.7. The van der Waals surface area contributed by atoms with Gasteiger partial charge in [0.25, 0.3) is 11.8 Å². The van der Waals surface area contributed by atoms with Crippen LogP contribution < -0.4 is 16.0 Å². The Morgan fingerprint density at radius 3 is 2.57 bits per heavy atom. The van der Waals surface area contributed by atoms with Crippen LogP contribution in [0.2, 0.25) is 0 Å². The second-order valence-electron chi connectivity index (χ2n) is 6.58. The van der Waals surface area contributed by atoms with Gasteiger partial charge in [0.05, 0.1) is 0 Å². The van der Waals surface area contributed by atoms with E-state index < -0.39 is 5.54 Å². The van der Waals surface area contributed by atoms with Crippen molar-refractivity contribution in [2.75, 3.05) is 6.54 Å². The minimum atomic E-state index is -0.955. The molecular formula is C17H19N3O3. The highest BCUT2D eigenvalue weighted by Gasteiger charge is 2.45. The minimum Gasteiger partial charge on any atom is -0.338 e. The number of nitrogens with one attached hydrogen (secondary N) is 3. The summed E-state index contributed by atoms with van der Waals surface area (Å²) in [6.07, 6.45) is 2.66. The molecule has 3 aliphatic heterocycles. The zero-order chi connectivity index (χ0) is 16.0. The molecule has 0 bridgehead atoms. The van der Waals surface area contributed by atoms with Crippen LogP contribution in [0.5, 0.6) is 0 Å². The SMILES string of the molecule is O=C1CCC2(CCc3ccc4c(c3C(=O)N2)CCNC4)C(=O)N1. The average molecular weight is 313 g/mol. The maximum atomic E-state index is 12.9. The fourth-order valence-electron chi connectivity index (χ4n) is 3.92. The van der Waals surface area contributed by atoms with E-state index in [0.717, 1.165) is 41.8 Å². The maximum absolute atomic E-state index is 12.9. The van der Waals surface area contributed by atoms with Crippen molar-refractivity contribution in [3.05, 3.63) is 34.4 Å². The van der Waals surface area contributed by atoms with Gasteiger partial charge in [0.1, 0.15) is 5.54 Å². The van der Waals surface area contributed by atoms with E-state index in [2.05, 4.69) is 22.0 Å². The summed E-state index contributed by atoms with van der Waals surface area (Å²) in [5, 5.41) is 8.64. The molecule has 0 saturated carbocycles. The summed E-state index contributed by atoms with van der Waals surface area (Å²) in [7, 11) is 0. The van der Waals surface area contributed by atoms with Crippen LogP contribution in [0.4, 0.5) is 0 Å². The molecule has 1 aromatic rings. The smallest absolute Gasteiger partial charge is 0.252 e. The highest BCUT2D eigenvalue weighted by atomic mass is 16.2. The van der Waals surface area contributed by atoms with Crippen LogP contribution in [-0.2, 0) is 29.0 Å². The van der Waals surface area contributed by atoms with Crippen LogP contribution in [0.3, 0.4) is 0 Å². The van der Waals surface area contributed by atoms with Gasteiger partial charge >= 0.3 is 0 Å². The van der Waals surface area contributed by atoms with Gasteiger partial charge in [-0.05, 0) is 48.9 Å². The molecule has 3 heterocycles. The lowest BCUT2D eigenvalue weighted by atomic mass is 9.84. The van der Waals surface area contributed by atoms with Crippen molar-refractivity contribution < 1.29 is 14.4 Å². The van der Waals surface area contributed by atoms with Crippen LogP contribution in [0.1, 0.15) is 46.3 Å². The lowest BCUT2D eigenvalue weighted by Gasteiger charge is -2.34. The quantitative estimate of drug-likeness (QED) is 0.597. The average Bonchev–Trinajstić information content (AvgIpc) is 2.69. The molecule has 1 saturated heterocycles. The molecule has 1 fully saturated rings. The van der Waals surface area contributed by atoms with Crippen LogP contribution >= 0.6 is 0 Å². The summed E-state index contributed by atoms with van der Waals surface area (Å²) < 4.78 is 0. The minimum absolute atomic E-state index is 0.180. The van der Waals surface area contributed by atoms with Crippen molar-refractivity contribution in [3.63, 3.8) is 0 Å². The third-order valence-electron chi connectivity index (χ3n) is 5.23. The first kappa shape index (κ1) is 14.4. The molecule has 1 unspecified atom stereocenters. The number of amides is 3. The van der Waals surface area contributed by atoms with Gasteiger partial charge in [-0.3, -0.25) is 19.7 Å². The van der Waals surface area contributed by atoms with E-state index >= 15 is 0 Å². The number of imide groups is 1. The lowest BCUT2D eigenvalue weighted by molar-refractivity contribution is -0.138.